The van der Waals surface area contributed by atoms with Gasteiger partial charge in [0.2, 0.25) is 15.9 Å². The summed E-state index contributed by atoms with van der Waals surface area (Å²) in [7, 11) is -3.35. The predicted molar refractivity (Wildman–Crippen MR) is 116 cm³/mol. The average Bonchev–Trinajstić information content (AvgIpc) is 2.74. The van der Waals surface area contributed by atoms with Gasteiger partial charge >= 0.3 is 0 Å². The Labute approximate surface area is 178 Å². The van der Waals surface area contributed by atoms with Crippen LogP contribution < -0.4 is 5.32 Å². The van der Waals surface area contributed by atoms with Crippen molar-refractivity contribution >= 4 is 27.5 Å². The molecule has 0 spiro atoms. The molecule has 0 saturated carbocycles. The molecule has 2 aromatic rings. The van der Waals surface area contributed by atoms with Crippen molar-refractivity contribution in [3.05, 3.63) is 70.7 Å². The maximum atomic E-state index is 12.7. The van der Waals surface area contributed by atoms with Crippen molar-refractivity contribution in [3.8, 4) is 0 Å². The van der Waals surface area contributed by atoms with Crippen LogP contribution in [0.4, 0.5) is 0 Å². The lowest BCUT2D eigenvalue weighted by Crippen LogP contribution is -2.46. The van der Waals surface area contributed by atoms with Crippen molar-refractivity contribution in [3.63, 3.8) is 0 Å². The first-order chi connectivity index (χ1) is 13.9. The van der Waals surface area contributed by atoms with Gasteiger partial charge in [0.15, 0.2) is 0 Å². The molecule has 0 radical (unpaired) electrons. The lowest BCUT2D eigenvalue weighted by molar-refractivity contribution is -0.126. The Bertz CT molecular complexity index is 901. The number of aryl methyl sites for hydroxylation is 1. The third-order valence-corrected chi connectivity index (χ3v) is 7.41. The number of piperidine rings is 1. The molecule has 3 rings (SSSR count). The van der Waals surface area contributed by atoms with Crippen LogP contribution in [-0.2, 0) is 27.8 Å². The summed E-state index contributed by atoms with van der Waals surface area (Å²) in [6.45, 7) is 1.17. The van der Waals surface area contributed by atoms with Gasteiger partial charge in [0.1, 0.15) is 0 Å². The third-order valence-electron chi connectivity index (χ3n) is 5.24. The number of sulfonamides is 1. The van der Waals surface area contributed by atoms with E-state index < -0.39 is 10.0 Å². The van der Waals surface area contributed by atoms with Crippen molar-refractivity contribution in [2.24, 2.45) is 5.92 Å². The minimum absolute atomic E-state index is 0.0934. The number of rotatable bonds is 8. The van der Waals surface area contributed by atoms with Crippen LogP contribution in [0.15, 0.2) is 54.6 Å². The summed E-state index contributed by atoms with van der Waals surface area (Å²) in [5, 5.41) is 3.57. The van der Waals surface area contributed by atoms with Gasteiger partial charge in [-0.05, 0) is 48.9 Å². The van der Waals surface area contributed by atoms with Gasteiger partial charge in [-0.15, -0.1) is 0 Å². The summed E-state index contributed by atoms with van der Waals surface area (Å²) in [6.07, 6.45) is 2.73. The van der Waals surface area contributed by atoms with Crippen molar-refractivity contribution in [2.75, 3.05) is 18.8 Å². The summed E-state index contributed by atoms with van der Waals surface area (Å²) in [5.41, 5.74) is 2.10. The number of carbonyl (C=O) groups excluding carboxylic acids is 1. The Morgan fingerprint density at radius 3 is 2.52 bits per heavy atom. The molecule has 5 nitrogen and oxygen atoms in total. The fraction of sp³-hybridized carbons (Fsp3) is 0.409. The molecule has 2 aromatic carbocycles. The summed E-state index contributed by atoms with van der Waals surface area (Å²) in [5.74, 6) is -0.287. The van der Waals surface area contributed by atoms with Crippen molar-refractivity contribution in [2.45, 2.75) is 32.2 Å². The van der Waals surface area contributed by atoms with Gasteiger partial charge < -0.3 is 5.32 Å². The molecule has 1 heterocycles. The monoisotopic (exact) mass is 434 g/mol. The molecule has 29 heavy (non-hydrogen) atoms. The van der Waals surface area contributed by atoms with Crippen molar-refractivity contribution < 1.29 is 13.2 Å². The summed E-state index contributed by atoms with van der Waals surface area (Å²) in [4.78, 5) is 12.6. The zero-order valence-corrected chi connectivity index (χ0v) is 18.0. The van der Waals surface area contributed by atoms with Crippen LogP contribution in [0, 0.1) is 5.92 Å². The standard InChI is InChI=1S/C22H27ClN2O3S/c23-21-12-10-19(11-13-21)16-24-22(26)20-9-4-14-25(17-20)29(27,28)15-5-8-18-6-2-1-3-7-18/h1-3,6-7,10-13,20H,4-5,8-9,14-17H2,(H,24,26)/t20-/m0/s1. The molecular formula is C22H27ClN2O3S. The molecule has 1 aliphatic heterocycles. The van der Waals surface area contributed by atoms with Gasteiger partial charge in [0.25, 0.3) is 0 Å². The van der Waals surface area contributed by atoms with Crippen LogP contribution >= 0.6 is 11.6 Å². The number of nitrogens with zero attached hydrogens (tertiary/aromatic N) is 1. The lowest BCUT2D eigenvalue weighted by Gasteiger charge is -2.31. The minimum atomic E-state index is -3.35. The van der Waals surface area contributed by atoms with Crippen molar-refractivity contribution in [1.82, 2.24) is 9.62 Å². The SMILES string of the molecule is O=C(NCc1ccc(Cl)cc1)[C@H]1CCCN(S(=O)(=O)CCCc2ccccc2)C1. The van der Waals surface area contributed by atoms with E-state index in [4.69, 9.17) is 11.6 Å². The van der Waals surface area contributed by atoms with Crippen molar-refractivity contribution in [1.29, 1.82) is 0 Å². The fourth-order valence-corrected chi connectivity index (χ4v) is 5.28. The van der Waals surface area contributed by atoms with Gasteiger partial charge in [-0.3, -0.25) is 4.79 Å². The number of benzene rings is 2. The molecular weight excluding hydrogens is 408 g/mol. The molecule has 7 heteroatoms. The first-order valence-corrected chi connectivity index (χ1v) is 12.0. The number of hydrogen-bond donors (Lipinski definition) is 1. The molecule has 1 aliphatic rings. The Morgan fingerprint density at radius 2 is 1.79 bits per heavy atom. The van der Waals surface area contributed by atoms with Gasteiger partial charge in [-0.2, -0.15) is 0 Å². The van der Waals surface area contributed by atoms with Gasteiger partial charge in [-0.1, -0.05) is 54.1 Å². The van der Waals surface area contributed by atoms with E-state index in [1.807, 2.05) is 42.5 Å². The van der Waals surface area contributed by atoms with E-state index in [0.717, 1.165) is 17.5 Å². The van der Waals surface area contributed by atoms with E-state index in [-0.39, 0.29) is 24.1 Å². The molecule has 1 fully saturated rings. The minimum Gasteiger partial charge on any atom is -0.352 e. The number of hydrogen-bond acceptors (Lipinski definition) is 3. The van der Waals surface area contributed by atoms with Crippen LogP contribution in [0.5, 0.6) is 0 Å². The van der Waals surface area contributed by atoms with Gasteiger partial charge in [-0.25, -0.2) is 12.7 Å². The van der Waals surface area contributed by atoms with Gasteiger partial charge in [0.05, 0.1) is 11.7 Å². The molecule has 0 aromatic heterocycles. The Morgan fingerprint density at radius 1 is 1.07 bits per heavy atom. The number of carbonyl (C=O) groups is 1. The lowest BCUT2D eigenvalue weighted by atomic mass is 9.99. The Balaban J connectivity index is 1.49. The first-order valence-electron chi connectivity index (χ1n) is 9.98. The van der Waals surface area contributed by atoms with Crippen LogP contribution in [-0.4, -0.2) is 37.5 Å². The maximum absolute atomic E-state index is 12.7. The molecule has 0 aliphatic carbocycles. The zero-order valence-electron chi connectivity index (χ0n) is 16.4. The van der Waals surface area contributed by atoms with Crippen LogP contribution in [0.2, 0.25) is 5.02 Å². The number of amides is 1. The van der Waals surface area contributed by atoms with E-state index in [1.54, 1.807) is 12.1 Å². The van der Waals surface area contributed by atoms with Crippen LogP contribution in [0.25, 0.3) is 0 Å². The number of halogens is 1. The second-order valence-electron chi connectivity index (χ2n) is 7.45. The molecule has 1 N–H and O–H groups in total. The van der Waals surface area contributed by atoms with Gasteiger partial charge in [0, 0.05) is 24.7 Å². The molecule has 1 saturated heterocycles. The maximum Gasteiger partial charge on any atom is 0.224 e. The van der Waals surface area contributed by atoms with Crippen LogP contribution in [0.1, 0.15) is 30.4 Å². The molecule has 1 amide bonds. The summed E-state index contributed by atoms with van der Waals surface area (Å²) < 4.78 is 27.0. The normalized spacial score (nSPS) is 17.8. The largest absolute Gasteiger partial charge is 0.352 e. The summed E-state index contributed by atoms with van der Waals surface area (Å²) in [6, 6.07) is 17.2. The smallest absolute Gasteiger partial charge is 0.224 e. The second kappa shape index (κ2) is 10.2. The highest BCUT2D eigenvalue weighted by atomic mass is 35.5. The summed E-state index contributed by atoms with van der Waals surface area (Å²) >= 11 is 5.88. The van der Waals surface area contributed by atoms with E-state index in [1.165, 1.54) is 4.31 Å². The van der Waals surface area contributed by atoms with E-state index in [9.17, 15) is 13.2 Å². The molecule has 156 valence electrons. The third kappa shape index (κ3) is 6.56. The first kappa shape index (κ1) is 21.8. The predicted octanol–water partition coefficient (Wildman–Crippen LogP) is 3.63. The number of nitrogens with one attached hydrogen (secondary N) is 1. The van der Waals surface area contributed by atoms with E-state index in [2.05, 4.69) is 5.32 Å². The second-order valence-corrected chi connectivity index (χ2v) is 9.97. The Kier molecular flexibility index (Phi) is 7.70. The highest BCUT2D eigenvalue weighted by Gasteiger charge is 2.31. The Hall–Kier alpha value is -1.89. The topological polar surface area (TPSA) is 66.5 Å². The average molecular weight is 435 g/mol. The quantitative estimate of drug-likeness (QED) is 0.689. The highest BCUT2D eigenvalue weighted by molar-refractivity contribution is 7.89. The van der Waals surface area contributed by atoms with E-state index >= 15 is 0 Å². The molecule has 0 bridgehead atoms. The highest BCUT2D eigenvalue weighted by Crippen LogP contribution is 2.21. The molecule has 0 unspecified atom stereocenters. The van der Waals surface area contributed by atoms with Crippen LogP contribution in [0.3, 0.4) is 0 Å². The molecule has 1 atom stereocenters. The van der Waals surface area contributed by atoms with E-state index in [0.29, 0.717) is 37.4 Å². The fourth-order valence-electron chi connectivity index (χ4n) is 3.58. The zero-order chi connectivity index (χ0) is 20.7.